The van der Waals surface area contributed by atoms with Gasteiger partial charge >= 0.3 is 5.97 Å². The fraction of sp³-hybridized carbons (Fsp3) is 0.533. The number of aryl methyl sites for hydroxylation is 2. The highest BCUT2D eigenvalue weighted by molar-refractivity contribution is 5.75. The van der Waals surface area contributed by atoms with Crippen molar-refractivity contribution in [2.75, 3.05) is 20.3 Å². The second kappa shape index (κ2) is 7.87. The van der Waals surface area contributed by atoms with E-state index in [0.717, 1.165) is 16.9 Å². The topological polar surface area (TPSA) is 67.8 Å². The molecule has 5 heteroatoms. The Morgan fingerprint density at radius 3 is 2.75 bits per heavy atom. The normalized spacial score (nSPS) is 13.7. The lowest BCUT2D eigenvalue weighted by Gasteiger charge is -2.17. The molecule has 0 aliphatic rings. The van der Waals surface area contributed by atoms with E-state index in [9.17, 15) is 9.90 Å². The Hall–Kier alpha value is -1.59. The summed E-state index contributed by atoms with van der Waals surface area (Å²) in [6, 6.07) is 5.48. The Morgan fingerprint density at radius 2 is 2.10 bits per heavy atom. The largest absolute Gasteiger partial charge is 0.491 e. The molecule has 0 spiro atoms. The Balaban J connectivity index is 2.38. The first-order valence-corrected chi connectivity index (χ1v) is 6.63. The van der Waals surface area contributed by atoms with E-state index < -0.39 is 12.1 Å². The summed E-state index contributed by atoms with van der Waals surface area (Å²) in [5.41, 5.74) is 2.14. The van der Waals surface area contributed by atoms with Gasteiger partial charge in [0.25, 0.3) is 0 Å². The van der Waals surface area contributed by atoms with Crippen molar-refractivity contribution in [1.82, 2.24) is 5.32 Å². The number of carbonyl (C=O) groups excluding carboxylic acids is 1. The molecule has 0 aliphatic heterocycles. The Morgan fingerprint density at radius 1 is 1.40 bits per heavy atom. The van der Waals surface area contributed by atoms with E-state index in [-0.39, 0.29) is 19.1 Å². The number of hydrogen-bond donors (Lipinski definition) is 2. The van der Waals surface area contributed by atoms with Crippen LogP contribution in [0.3, 0.4) is 0 Å². The van der Waals surface area contributed by atoms with E-state index in [1.54, 1.807) is 6.92 Å². The number of methoxy groups -OCH3 is 1. The van der Waals surface area contributed by atoms with Crippen molar-refractivity contribution in [2.45, 2.75) is 32.9 Å². The van der Waals surface area contributed by atoms with Gasteiger partial charge in [0.2, 0.25) is 0 Å². The number of ether oxygens (including phenoxy) is 2. The van der Waals surface area contributed by atoms with Gasteiger partial charge in [-0.1, -0.05) is 12.1 Å². The zero-order valence-corrected chi connectivity index (χ0v) is 12.5. The molecule has 1 rings (SSSR count). The van der Waals surface area contributed by atoms with Crippen molar-refractivity contribution in [2.24, 2.45) is 0 Å². The number of nitrogens with one attached hydrogen (secondary N) is 1. The predicted molar refractivity (Wildman–Crippen MR) is 76.9 cm³/mol. The molecule has 1 aromatic rings. The Bertz CT molecular complexity index is 447. The average Bonchev–Trinajstić information content (AvgIpc) is 2.44. The van der Waals surface area contributed by atoms with Crippen LogP contribution in [-0.2, 0) is 9.53 Å². The van der Waals surface area contributed by atoms with E-state index >= 15 is 0 Å². The lowest BCUT2D eigenvalue weighted by atomic mass is 10.1. The van der Waals surface area contributed by atoms with E-state index in [1.807, 2.05) is 32.0 Å². The van der Waals surface area contributed by atoms with Crippen molar-refractivity contribution in [3.8, 4) is 5.75 Å². The van der Waals surface area contributed by atoms with Crippen LogP contribution in [0, 0.1) is 13.8 Å². The molecule has 0 radical (unpaired) electrons. The quantitative estimate of drug-likeness (QED) is 0.735. The van der Waals surface area contributed by atoms with Gasteiger partial charge in [0.15, 0.2) is 0 Å². The predicted octanol–water partition coefficient (Wildman–Crippen LogP) is 1.19. The van der Waals surface area contributed by atoms with Gasteiger partial charge in [-0.2, -0.15) is 0 Å². The third-order valence-corrected chi connectivity index (χ3v) is 2.99. The van der Waals surface area contributed by atoms with Crippen LogP contribution in [0.5, 0.6) is 5.75 Å². The third kappa shape index (κ3) is 5.19. The number of aliphatic hydroxyl groups excluding tert-OH is 1. The number of esters is 1. The molecule has 2 unspecified atom stereocenters. The maximum Gasteiger partial charge on any atom is 0.322 e. The Labute approximate surface area is 119 Å². The lowest BCUT2D eigenvalue weighted by Crippen LogP contribution is -2.41. The molecule has 0 saturated heterocycles. The van der Waals surface area contributed by atoms with Crippen LogP contribution < -0.4 is 10.1 Å². The molecule has 0 amide bonds. The first-order valence-electron chi connectivity index (χ1n) is 6.63. The van der Waals surface area contributed by atoms with Crippen molar-refractivity contribution in [3.05, 3.63) is 29.3 Å². The molecule has 0 aliphatic carbocycles. The average molecular weight is 281 g/mol. The molecule has 2 atom stereocenters. The highest BCUT2D eigenvalue weighted by Gasteiger charge is 2.14. The van der Waals surface area contributed by atoms with Crippen LogP contribution in [0.15, 0.2) is 18.2 Å². The SMILES string of the molecule is COC(=O)C(C)NCC(O)COc1cc(C)ccc1C. The summed E-state index contributed by atoms with van der Waals surface area (Å²) in [5.74, 6) is 0.415. The molecule has 2 N–H and O–H groups in total. The number of carbonyl (C=O) groups is 1. The molecule has 0 bridgehead atoms. The number of hydrogen-bond acceptors (Lipinski definition) is 5. The summed E-state index contributed by atoms with van der Waals surface area (Å²) in [6.45, 7) is 6.07. The molecule has 0 fully saturated rings. The number of benzene rings is 1. The third-order valence-electron chi connectivity index (χ3n) is 2.99. The minimum absolute atomic E-state index is 0.172. The highest BCUT2D eigenvalue weighted by atomic mass is 16.5. The molecule has 0 saturated carbocycles. The fourth-order valence-electron chi connectivity index (χ4n) is 1.68. The molecule has 5 nitrogen and oxygen atoms in total. The van der Waals surface area contributed by atoms with Crippen LogP contribution in [0.1, 0.15) is 18.1 Å². The van der Waals surface area contributed by atoms with E-state index in [0.29, 0.717) is 0 Å². The van der Waals surface area contributed by atoms with Crippen LogP contribution in [0.4, 0.5) is 0 Å². The molecule has 0 heterocycles. The molecular formula is C15H23NO4. The van der Waals surface area contributed by atoms with E-state index in [4.69, 9.17) is 4.74 Å². The van der Waals surface area contributed by atoms with Crippen LogP contribution in [-0.4, -0.2) is 43.5 Å². The summed E-state index contributed by atoms with van der Waals surface area (Å²) in [6.07, 6.45) is -0.693. The molecule has 112 valence electrons. The van der Waals surface area contributed by atoms with Crippen molar-refractivity contribution in [1.29, 1.82) is 0 Å². The zero-order valence-electron chi connectivity index (χ0n) is 12.5. The van der Waals surface area contributed by atoms with Gasteiger partial charge in [-0.15, -0.1) is 0 Å². The standard InChI is InChI=1S/C15H23NO4/c1-10-5-6-11(2)14(7-10)20-9-13(17)8-16-12(3)15(18)19-4/h5-7,12-13,16-17H,8-9H2,1-4H3. The lowest BCUT2D eigenvalue weighted by molar-refractivity contribution is -0.142. The van der Waals surface area contributed by atoms with Gasteiger partial charge in [-0.3, -0.25) is 4.79 Å². The van der Waals surface area contributed by atoms with Gasteiger partial charge in [-0.25, -0.2) is 0 Å². The van der Waals surface area contributed by atoms with Gasteiger partial charge in [0.05, 0.1) is 7.11 Å². The maximum atomic E-state index is 11.2. The zero-order chi connectivity index (χ0) is 15.1. The molecular weight excluding hydrogens is 258 g/mol. The second-order valence-corrected chi connectivity index (χ2v) is 4.89. The van der Waals surface area contributed by atoms with Gasteiger partial charge in [-0.05, 0) is 38.0 Å². The van der Waals surface area contributed by atoms with Crippen LogP contribution >= 0.6 is 0 Å². The smallest absolute Gasteiger partial charge is 0.322 e. The minimum Gasteiger partial charge on any atom is -0.491 e. The fourth-order valence-corrected chi connectivity index (χ4v) is 1.68. The first kappa shape index (κ1) is 16.5. The summed E-state index contributed by atoms with van der Waals surface area (Å²) < 4.78 is 10.2. The molecule has 1 aromatic carbocycles. The van der Waals surface area contributed by atoms with Gasteiger partial charge in [0.1, 0.15) is 24.5 Å². The maximum absolute atomic E-state index is 11.2. The van der Waals surface area contributed by atoms with Gasteiger partial charge < -0.3 is 19.9 Å². The monoisotopic (exact) mass is 281 g/mol. The van der Waals surface area contributed by atoms with Crippen molar-refractivity contribution < 1.29 is 19.4 Å². The summed E-state index contributed by atoms with van der Waals surface area (Å²) in [4.78, 5) is 11.2. The van der Waals surface area contributed by atoms with E-state index in [1.165, 1.54) is 7.11 Å². The minimum atomic E-state index is -0.693. The van der Waals surface area contributed by atoms with Crippen LogP contribution in [0.2, 0.25) is 0 Å². The Kier molecular flexibility index (Phi) is 6.48. The van der Waals surface area contributed by atoms with E-state index in [2.05, 4.69) is 10.1 Å². The number of rotatable bonds is 7. The second-order valence-electron chi connectivity index (χ2n) is 4.89. The summed E-state index contributed by atoms with van der Waals surface area (Å²) in [5, 5.41) is 12.7. The van der Waals surface area contributed by atoms with Crippen molar-refractivity contribution in [3.63, 3.8) is 0 Å². The first-order chi connectivity index (χ1) is 9.43. The summed E-state index contributed by atoms with van der Waals surface area (Å²) in [7, 11) is 1.33. The molecule has 20 heavy (non-hydrogen) atoms. The summed E-state index contributed by atoms with van der Waals surface area (Å²) >= 11 is 0. The highest BCUT2D eigenvalue weighted by Crippen LogP contribution is 2.19. The number of aliphatic hydroxyl groups is 1. The van der Waals surface area contributed by atoms with Crippen LogP contribution in [0.25, 0.3) is 0 Å². The van der Waals surface area contributed by atoms with Crippen molar-refractivity contribution >= 4 is 5.97 Å². The van der Waals surface area contributed by atoms with Gasteiger partial charge in [0, 0.05) is 6.54 Å². The molecule has 0 aromatic heterocycles.